The van der Waals surface area contributed by atoms with Crippen LogP contribution >= 0.6 is 0 Å². The van der Waals surface area contributed by atoms with Gasteiger partial charge in [-0.1, -0.05) is 12.1 Å². The Morgan fingerprint density at radius 2 is 2.25 bits per heavy atom. The van der Waals surface area contributed by atoms with Gasteiger partial charge in [0.1, 0.15) is 5.75 Å². The topological polar surface area (TPSA) is 59.2 Å². The summed E-state index contributed by atoms with van der Waals surface area (Å²) in [4.78, 5) is 0. The summed E-state index contributed by atoms with van der Waals surface area (Å²) in [5.41, 5.74) is 0.764. The molecule has 12 heavy (non-hydrogen) atoms. The van der Waals surface area contributed by atoms with E-state index in [0.717, 1.165) is 5.56 Å². The summed E-state index contributed by atoms with van der Waals surface area (Å²) in [6, 6.07) is 6.71. The predicted octanol–water partition coefficient (Wildman–Crippen LogP) is 1.44. The Morgan fingerprint density at radius 1 is 1.33 bits per heavy atom. The second-order valence-corrected chi connectivity index (χ2v) is 2.33. The van der Waals surface area contributed by atoms with E-state index in [9.17, 15) is 0 Å². The molecule has 0 saturated carbocycles. The van der Waals surface area contributed by atoms with Gasteiger partial charge in [0.15, 0.2) is 5.76 Å². The lowest BCUT2D eigenvalue weighted by atomic mass is 10.2. The van der Waals surface area contributed by atoms with Crippen molar-refractivity contribution in [3.05, 3.63) is 30.5 Å². The van der Waals surface area contributed by atoms with Crippen LogP contribution in [0.5, 0.6) is 5.75 Å². The second-order valence-electron chi connectivity index (χ2n) is 2.33. The zero-order valence-electron chi connectivity index (χ0n) is 6.14. The van der Waals surface area contributed by atoms with Crippen molar-refractivity contribution in [2.75, 3.05) is 0 Å². The monoisotopic (exact) mass is 162 g/mol. The van der Waals surface area contributed by atoms with Gasteiger partial charge in [0.2, 0.25) is 0 Å². The van der Waals surface area contributed by atoms with Crippen LogP contribution in [-0.2, 0) is 0 Å². The lowest BCUT2D eigenvalue weighted by molar-refractivity contribution is 0.403. The summed E-state index contributed by atoms with van der Waals surface area (Å²) in [5, 5.41) is 16.0. The van der Waals surface area contributed by atoms with Crippen LogP contribution in [0.2, 0.25) is 0 Å². The van der Waals surface area contributed by atoms with E-state index in [-0.39, 0.29) is 5.75 Å². The minimum Gasteiger partial charge on any atom is -0.508 e. The third kappa shape index (κ3) is 1.14. The maximum absolute atomic E-state index is 9.13. The second kappa shape index (κ2) is 2.65. The molecular formula is C8H6N2O2. The molecular weight excluding hydrogens is 156 g/mol. The Labute approximate surface area is 68.4 Å². The molecule has 0 aliphatic carbocycles. The first-order valence-corrected chi connectivity index (χ1v) is 3.43. The molecule has 60 valence electrons. The van der Waals surface area contributed by atoms with Gasteiger partial charge >= 0.3 is 0 Å². The lowest BCUT2D eigenvalue weighted by Gasteiger charge is -1.94. The van der Waals surface area contributed by atoms with Gasteiger partial charge in [-0.25, -0.2) is 0 Å². The molecule has 0 amide bonds. The lowest BCUT2D eigenvalue weighted by Crippen LogP contribution is -1.72. The highest BCUT2D eigenvalue weighted by molar-refractivity contribution is 5.57. The van der Waals surface area contributed by atoms with Crippen molar-refractivity contribution < 1.29 is 9.63 Å². The van der Waals surface area contributed by atoms with Gasteiger partial charge in [0, 0.05) is 10.8 Å². The maximum Gasteiger partial charge on any atom is 0.187 e. The number of hydrogen-bond donors (Lipinski definition) is 1. The van der Waals surface area contributed by atoms with Gasteiger partial charge in [-0.3, -0.25) is 0 Å². The molecule has 1 aromatic heterocycles. The van der Waals surface area contributed by atoms with E-state index < -0.39 is 0 Å². The Morgan fingerprint density at radius 3 is 2.92 bits per heavy atom. The molecule has 0 aliphatic rings. The minimum atomic E-state index is 0.198. The maximum atomic E-state index is 9.13. The Hall–Kier alpha value is -1.84. The fourth-order valence-corrected chi connectivity index (χ4v) is 0.954. The number of nitrogens with zero attached hydrogens (tertiary/aromatic N) is 2. The molecule has 0 fully saturated rings. The predicted molar refractivity (Wildman–Crippen MR) is 41.4 cm³/mol. The first-order valence-electron chi connectivity index (χ1n) is 3.43. The third-order valence-corrected chi connectivity index (χ3v) is 1.49. The molecule has 0 bridgehead atoms. The van der Waals surface area contributed by atoms with E-state index in [4.69, 9.17) is 9.63 Å². The van der Waals surface area contributed by atoms with Crippen LogP contribution in [0.3, 0.4) is 0 Å². The van der Waals surface area contributed by atoms with Gasteiger partial charge in [0.25, 0.3) is 0 Å². The standard InChI is InChI=1S/C8H6N2O2/c11-7-3-1-2-6(4-7)8-5-9-10-12-8/h1-5,11H. The van der Waals surface area contributed by atoms with Gasteiger partial charge in [-0.2, -0.15) is 0 Å². The van der Waals surface area contributed by atoms with E-state index in [2.05, 4.69) is 10.4 Å². The molecule has 0 radical (unpaired) electrons. The molecule has 4 nitrogen and oxygen atoms in total. The summed E-state index contributed by atoms with van der Waals surface area (Å²) in [6.45, 7) is 0. The molecule has 2 aromatic rings. The van der Waals surface area contributed by atoms with Crippen molar-refractivity contribution in [1.82, 2.24) is 10.4 Å². The number of phenols is 1. The van der Waals surface area contributed by atoms with Crippen LogP contribution in [0, 0.1) is 0 Å². The van der Waals surface area contributed by atoms with Crippen molar-refractivity contribution in [2.24, 2.45) is 0 Å². The Bertz CT molecular complexity index is 370. The number of phenolic OH excluding ortho intramolecular Hbond substituents is 1. The molecule has 0 atom stereocenters. The fraction of sp³-hybridized carbons (Fsp3) is 0. The normalized spacial score (nSPS) is 10.0. The number of rotatable bonds is 1. The van der Waals surface area contributed by atoms with Gasteiger partial charge in [0.05, 0.1) is 6.20 Å². The number of benzene rings is 1. The molecule has 0 aliphatic heterocycles. The number of aromatic hydroxyl groups is 1. The average Bonchev–Trinajstić information content (AvgIpc) is 2.56. The van der Waals surface area contributed by atoms with E-state index in [1.165, 1.54) is 6.20 Å². The molecule has 1 N–H and O–H groups in total. The zero-order valence-corrected chi connectivity index (χ0v) is 6.14. The first kappa shape index (κ1) is 6.84. The van der Waals surface area contributed by atoms with Gasteiger partial charge in [-0.15, -0.1) is 5.10 Å². The molecule has 0 saturated heterocycles. The average molecular weight is 162 g/mol. The smallest absolute Gasteiger partial charge is 0.187 e. The Balaban J connectivity index is 2.48. The van der Waals surface area contributed by atoms with Crippen LogP contribution < -0.4 is 0 Å². The van der Waals surface area contributed by atoms with Crippen LogP contribution in [0.1, 0.15) is 0 Å². The highest BCUT2D eigenvalue weighted by atomic mass is 16.5. The van der Waals surface area contributed by atoms with Gasteiger partial charge in [-0.05, 0) is 12.1 Å². The van der Waals surface area contributed by atoms with Crippen LogP contribution in [0.4, 0.5) is 0 Å². The van der Waals surface area contributed by atoms with Crippen molar-refractivity contribution in [3.8, 4) is 17.1 Å². The van der Waals surface area contributed by atoms with Crippen LogP contribution in [-0.4, -0.2) is 15.5 Å². The van der Waals surface area contributed by atoms with Crippen LogP contribution in [0.25, 0.3) is 11.3 Å². The quantitative estimate of drug-likeness (QED) is 0.689. The van der Waals surface area contributed by atoms with Crippen molar-refractivity contribution >= 4 is 0 Å². The highest BCUT2D eigenvalue weighted by Gasteiger charge is 2.01. The summed E-state index contributed by atoms with van der Waals surface area (Å²) >= 11 is 0. The molecule has 0 spiro atoms. The Kier molecular flexibility index (Phi) is 1.51. The summed E-state index contributed by atoms with van der Waals surface area (Å²) < 4.78 is 4.80. The van der Waals surface area contributed by atoms with E-state index in [0.29, 0.717) is 5.76 Å². The molecule has 1 heterocycles. The van der Waals surface area contributed by atoms with E-state index in [1.807, 2.05) is 6.07 Å². The first-order chi connectivity index (χ1) is 5.86. The molecule has 4 heteroatoms. The number of aromatic nitrogens is 2. The van der Waals surface area contributed by atoms with Gasteiger partial charge < -0.3 is 9.63 Å². The van der Waals surface area contributed by atoms with Crippen molar-refractivity contribution in [3.63, 3.8) is 0 Å². The largest absolute Gasteiger partial charge is 0.508 e. The highest BCUT2D eigenvalue weighted by Crippen LogP contribution is 2.21. The number of hydrogen-bond acceptors (Lipinski definition) is 4. The molecule has 1 aromatic carbocycles. The summed E-state index contributed by atoms with van der Waals surface area (Å²) in [7, 11) is 0. The third-order valence-electron chi connectivity index (χ3n) is 1.49. The van der Waals surface area contributed by atoms with Crippen molar-refractivity contribution in [1.29, 1.82) is 0 Å². The van der Waals surface area contributed by atoms with Crippen LogP contribution in [0.15, 0.2) is 35.0 Å². The van der Waals surface area contributed by atoms with Crippen molar-refractivity contribution in [2.45, 2.75) is 0 Å². The SMILES string of the molecule is Oc1cccc(-c2cnno2)c1. The minimum absolute atomic E-state index is 0.198. The van der Waals surface area contributed by atoms with E-state index in [1.54, 1.807) is 18.2 Å². The molecule has 2 rings (SSSR count). The summed E-state index contributed by atoms with van der Waals surface area (Å²) in [6.07, 6.45) is 1.49. The zero-order chi connectivity index (χ0) is 8.39. The summed E-state index contributed by atoms with van der Waals surface area (Å²) in [5.74, 6) is 0.745. The molecule has 0 unspecified atom stereocenters. The fourth-order valence-electron chi connectivity index (χ4n) is 0.954. The van der Waals surface area contributed by atoms with E-state index >= 15 is 0 Å².